The van der Waals surface area contributed by atoms with Crippen LogP contribution in [-0.2, 0) is 0 Å². The number of hydrogen-bond donors (Lipinski definition) is 1. The minimum absolute atomic E-state index is 0.0357. The van der Waals surface area contributed by atoms with Gasteiger partial charge in [0.05, 0.1) is 22.1 Å². The van der Waals surface area contributed by atoms with Gasteiger partial charge in [-0.25, -0.2) is 9.97 Å². The minimum Gasteiger partial charge on any atom is -0.349 e. The van der Waals surface area contributed by atoms with Crippen molar-refractivity contribution in [2.24, 2.45) is 0 Å². The van der Waals surface area contributed by atoms with Crippen molar-refractivity contribution in [3.05, 3.63) is 63.5 Å². The second kappa shape index (κ2) is 8.14. The van der Waals surface area contributed by atoms with E-state index in [1.165, 1.54) is 0 Å². The summed E-state index contributed by atoms with van der Waals surface area (Å²) >= 11 is 3.09. The van der Waals surface area contributed by atoms with E-state index in [1.807, 2.05) is 54.5 Å². The summed E-state index contributed by atoms with van der Waals surface area (Å²) in [6, 6.07) is 8.10. The van der Waals surface area contributed by atoms with Gasteiger partial charge in [-0.3, -0.25) is 14.0 Å². The third-order valence-electron chi connectivity index (χ3n) is 5.68. The number of nitrogens with one attached hydrogen (secondary N) is 1. The summed E-state index contributed by atoms with van der Waals surface area (Å²) in [6.07, 6.45) is 4.36. The number of amides is 2. The van der Waals surface area contributed by atoms with Gasteiger partial charge in [-0.2, -0.15) is 0 Å². The largest absolute Gasteiger partial charge is 0.349 e. The molecule has 0 radical (unpaired) electrons. The molecule has 32 heavy (non-hydrogen) atoms. The van der Waals surface area contributed by atoms with Crippen LogP contribution in [-0.4, -0.2) is 50.2 Å². The summed E-state index contributed by atoms with van der Waals surface area (Å²) in [5, 5.41) is 3.84. The first-order valence-corrected chi connectivity index (χ1v) is 12.1. The van der Waals surface area contributed by atoms with Crippen molar-refractivity contribution < 1.29 is 9.59 Å². The molecule has 1 saturated heterocycles. The lowest BCUT2D eigenvalue weighted by Crippen LogP contribution is -2.56. The van der Waals surface area contributed by atoms with E-state index in [1.54, 1.807) is 28.9 Å². The first kappa shape index (κ1) is 20.8. The molecule has 0 saturated carbocycles. The number of likely N-dealkylation sites (tertiary alicyclic amines) is 1. The van der Waals surface area contributed by atoms with E-state index >= 15 is 0 Å². The van der Waals surface area contributed by atoms with Crippen LogP contribution in [0.3, 0.4) is 0 Å². The molecule has 4 aromatic rings. The molecule has 0 bridgehead atoms. The summed E-state index contributed by atoms with van der Waals surface area (Å²) in [6.45, 7) is 7.03. The fourth-order valence-corrected chi connectivity index (χ4v) is 5.68. The Morgan fingerprint density at radius 3 is 2.81 bits per heavy atom. The lowest BCUT2D eigenvalue weighted by atomic mass is 10.0. The van der Waals surface area contributed by atoms with Crippen molar-refractivity contribution in [1.82, 2.24) is 24.6 Å². The highest BCUT2D eigenvalue weighted by molar-refractivity contribution is 7.17. The van der Waals surface area contributed by atoms with Gasteiger partial charge in [0.2, 0.25) is 0 Å². The SMILES string of the molecule is Cc1cccc(-c2sc(C)nc2C(=O)N2CCC2CNC(=O)c2cnc3sc(C)cn23)c1. The normalized spacial score (nSPS) is 15.7. The third-order valence-corrected chi connectivity index (χ3v) is 7.61. The number of rotatable bonds is 5. The first-order chi connectivity index (χ1) is 15.4. The number of carbonyl (C=O) groups is 2. The fraction of sp³-hybridized carbons (Fsp3) is 0.304. The Kier molecular flexibility index (Phi) is 5.30. The molecule has 0 spiro atoms. The van der Waals surface area contributed by atoms with Crippen molar-refractivity contribution in [1.29, 1.82) is 0 Å². The van der Waals surface area contributed by atoms with Crippen molar-refractivity contribution in [2.45, 2.75) is 33.2 Å². The zero-order valence-electron chi connectivity index (χ0n) is 18.1. The van der Waals surface area contributed by atoms with Crippen molar-refractivity contribution >= 4 is 39.4 Å². The molecular formula is C23H23N5O2S2. The van der Waals surface area contributed by atoms with Gasteiger partial charge >= 0.3 is 0 Å². The van der Waals surface area contributed by atoms with E-state index in [-0.39, 0.29) is 17.9 Å². The van der Waals surface area contributed by atoms with Gasteiger partial charge in [-0.15, -0.1) is 22.7 Å². The van der Waals surface area contributed by atoms with Crippen LogP contribution in [0.1, 0.15) is 42.8 Å². The Hall–Kier alpha value is -3.04. The lowest BCUT2D eigenvalue weighted by molar-refractivity contribution is 0.0451. The molecule has 1 aliphatic rings. The van der Waals surface area contributed by atoms with Crippen LogP contribution in [0.5, 0.6) is 0 Å². The second-order valence-corrected chi connectivity index (χ2v) is 10.5. The molecule has 2 amide bonds. The van der Waals surface area contributed by atoms with Crippen molar-refractivity contribution in [3.63, 3.8) is 0 Å². The summed E-state index contributed by atoms with van der Waals surface area (Å²) in [5.74, 6) is -0.254. The van der Waals surface area contributed by atoms with Gasteiger partial charge in [0.15, 0.2) is 4.96 Å². The molecule has 5 rings (SSSR count). The number of thiazole rings is 2. The summed E-state index contributed by atoms with van der Waals surface area (Å²) in [5.41, 5.74) is 3.17. The Balaban J connectivity index is 1.29. The van der Waals surface area contributed by atoms with Crippen LogP contribution in [0, 0.1) is 20.8 Å². The van der Waals surface area contributed by atoms with Gasteiger partial charge in [0.25, 0.3) is 11.8 Å². The zero-order valence-corrected chi connectivity index (χ0v) is 19.7. The van der Waals surface area contributed by atoms with E-state index in [0.717, 1.165) is 37.3 Å². The third kappa shape index (κ3) is 3.71. The van der Waals surface area contributed by atoms with Gasteiger partial charge in [0, 0.05) is 24.2 Å². The first-order valence-electron chi connectivity index (χ1n) is 10.5. The van der Waals surface area contributed by atoms with Crippen molar-refractivity contribution in [2.75, 3.05) is 13.1 Å². The predicted octanol–water partition coefficient (Wildman–Crippen LogP) is 4.09. The molecule has 0 aliphatic carbocycles. The topological polar surface area (TPSA) is 79.6 Å². The molecule has 1 aliphatic heterocycles. The molecule has 1 atom stereocenters. The molecule has 7 nitrogen and oxygen atoms in total. The maximum absolute atomic E-state index is 13.3. The zero-order chi connectivity index (χ0) is 22.4. The number of carbonyl (C=O) groups excluding carboxylic acids is 2. The standard InChI is InChI=1S/C23H23N5O2S2/c1-13-5-4-6-16(9-13)20-19(26-15(3)32-20)22(30)27-8-7-17(27)10-24-21(29)18-11-25-23-28(18)12-14(2)31-23/h4-6,9,11-12,17H,7-8,10H2,1-3H3,(H,24,29). The van der Waals surface area contributed by atoms with E-state index in [4.69, 9.17) is 0 Å². The maximum Gasteiger partial charge on any atom is 0.274 e. The minimum atomic E-state index is -0.181. The van der Waals surface area contributed by atoms with Gasteiger partial charge in [0.1, 0.15) is 11.4 Å². The number of fused-ring (bicyclic) bond motifs is 1. The van der Waals surface area contributed by atoms with Crippen molar-refractivity contribution in [3.8, 4) is 10.4 Å². The molecule has 1 aromatic carbocycles. The van der Waals surface area contributed by atoms with E-state index in [0.29, 0.717) is 24.5 Å². The molecule has 1 N–H and O–H groups in total. The van der Waals surface area contributed by atoms with Crippen LogP contribution in [0.25, 0.3) is 15.4 Å². The average Bonchev–Trinajstić information content (AvgIpc) is 3.40. The molecule has 1 fully saturated rings. The molecular weight excluding hydrogens is 442 g/mol. The second-order valence-electron chi connectivity index (χ2n) is 8.07. The van der Waals surface area contributed by atoms with Gasteiger partial charge < -0.3 is 10.2 Å². The average molecular weight is 466 g/mol. The van der Waals surface area contributed by atoms with Gasteiger partial charge in [-0.05, 0) is 32.8 Å². The van der Waals surface area contributed by atoms with Crippen LogP contribution >= 0.6 is 22.7 Å². The van der Waals surface area contributed by atoms with Crippen LogP contribution in [0.4, 0.5) is 0 Å². The van der Waals surface area contributed by atoms with Crippen LogP contribution in [0.2, 0.25) is 0 Å². The Bertz CT molecular complexity index is 1340. The lowest BCUT2D eigenvalue weighted by Gasteiger charge is -2.40. The Labute approximate surface area is 193 Å². The number of hydrogen-bond acceptors (Lipinski definition) is 6. The van der Waals surface area contributed by atoms with E-state index in [2.05, 4.69) is 21.4 Å². The summed E-state index contributed by atoms with van der Waals surface area (Å²) < 4.78 is 1.81. The number of nitrogens with zero attached hydrogens (tertiary/aromatic N) is 4. The summed E-state index contributed by atoms with van der Waals surface area (Å²) in [4.78, 5) is 39.5. The highest BCUT2D eigenvalue weighted by atomic mass is 32.1. The van der Waals surface area contributed by atoms with Crippen LogP contribution < -0.4 is 5.32 Å². The van der Waals surface area contributed by atoms with Gasteiger partial charge in [-0.1, -0.05) is 29.8 Å². The predicted molar refractivity (Wildman–Crippen MR) is 127 cm³/mol. The smallest absolute Gasteiger partial charge is 0.274 e. The molecule has 1 unspecified atom stereocenters. The Morgan fingerprint density at radius 2 is 2.06 bits per heavy atom. The fourth-order valence-electron chi connectivity index (χ4n) is 3.98. The number of aromatic nitrogens is 3. The molecule has 4 heterocycles. The number of imidazole rings is 1. The summed E-state index contributed by atoms with van der Waals surface area (Å²) in [7, 11) is 0. The van der Waals surface area contributed by atoms with Crippen LogP contribution in [0.15, 0.2) is 36.7 Å². The maximum atomic E-state index is 13.3. The Morgan fingerprint density at radius 1 is 1.22 bits per heavy atom. The molecule has 9 heteroatoms. The molecule has 3 aromatic heterocycles. The highest BCUT2D eigenvalue weighted by Crippen LogP contribution is 2.33. The number of benzene rings is 1. The quantitative estimate of drug-likeness (QED) is 0.482. The monoisotopic (exact) mass is 465 g/mol. The highest BCUT2D eigenvalue weighted by Gasteiger charge is 2.35. The number of aryl methyl sites for hydroxylation is 3. The van der Waals surface area contributed by atoms with E-state index in [9.17, 15) is 9.59 Å². The molecule has 164 valence electrons. The van der Waals surface area contributed by atoms with E-state index < -0.39 is 0 Å².